The van der Waals surface area contributed by atoms with Crippen molar-refractivity contribution >= 4 is 0 Å². The summed E-state index contributed by atoms with van der Waals surface area (Å²) in [5.74, 6) is 1.67. The minimum Gasteiger partial charge on any atom is -0.373 e. The van der Waals surface area contributed by atoms with Crippen molar-refractivity contribution in [2.24, 2.45) is 11.7 Å². The largest absolute Gasteiger partial charge is 0.373 e. The Balaban J connectivity index is 2.13. The number of nitrogens with two attached hydrogens (primary N) is 1. The van der Waals surface area contributed by atoms with Crippen molar-refractivity contribution < 1.29 is 9.26 Å². The van der Waals surface area contributed by atoms with E-state index >= 15 is 0 Å². The zero-order valence-electron chi connectivity index (χ0n) is 12.9. The Morgan fingerprint density at radius 3 is 2.70 bits per heavy atom. The maximum Gasteiger partial charge on any atom is 0.246 e. The lowest BCUT2D eigenvalue weighted by atomic mass is 9.85. The Hall–Kier alpha value is -0.940. The van der Waals surface area contributed by atoms with Crippen LogP contribution in [0, 0.1) is 5.92 Å². The van der Waals surface area contributed by atoms with Crippen LogP contribution in [0.1, 0.15) is 76.6 Å². The number of methoxy groups -OCH3 is 1. The zero-order valence-corrected chi connectivity index (χ0v) is 12.9. The minimum absolute atomic E-state index is 0.0646. The van der Waals surface area contributed by atoms with Gasteiger partial charge in [0.05, 0.1) is 5.54 Å². The molecule has 2 unspecified atom stereocenters. The smallest absolute Gasteiger partial charge is 0.246 e. The molecule has 1 aliphatic rings. The van der Waals surface area contributed by atoms with E-state index in [0.29, 0.717) is 17.6 Å². The third-order valence-corrected chi connectivity index (χ3v) is 4.29. The normalized spacial score (nSPS) is 21.6. The molecule has 5 heteroatoms. The maximum atomic E-state index is 6.24. The summed E-state index contributed by atoms with van der Waals surface area (Å²) in [4.78, 5) is 4.52. The van der Waals surface area contributed by atoms with Crippen LogP contribution in [-0.2, 0) is 10.3 Å². The molecule has 1 aliphatic carbocycles. The summed E-state index contributed by atoms with van der Waals surface area (Å²) in [5, 5.41) is 4.12. The van der Waals surface area contributed by atoms with Gasteiger partial charge in [0.15, 0.2) is 0 Å². The van der Waals surface area contributed by atoms with Gasteiger partial charge in [0.2, 0.25) is 11.7 Å². The molecule has 114 valence electrons. The molecule has 1 heterocycles. The quantitative estimate of drug-likeness (QED) is 0.865. The van der Waals surface area contributed by atoms with Gasteiger partial charge in [0.1, 0.15) is 6.10 Å². The van der Waals surface area contributed by atoms with Gasteiger partial charge in [-0.15, -0.1) is 0 Å². The lowest BCUT2D eigenvalue weighted by Gasteiger charge is -2.27. The first-order valence-electron chi connectivity index (χ1n) is 7.74. The molecule has 1 aromatic rings. The van der Waals surface area contributed by atoms with Crippen LogP contribution < -0.4 is 5.73 Å². The third-order valence-electron chi connectivity index (χ3n) is 4.29. The van der Waals surface area contributed by atoms with Crippen molar-refractivity contribution in [2.45, 2.75) is 70.4 Å². The van der Waals surface area contributed by atoms with Crippen LogP contribution in [0.4, 0.5) is 0 Å². The van der Waals surface area contributed by atoms with E-state index in [1.807, 2.05) is 6.92 Å². The monoisotopic (exact) mass is 281 g/mol. The Labute approximate surface area is 121 Å². The molecule has 0 aromatic carbocycles. The molecule has 0 aliphatic heterocycles. The highest BCUT2D eigenvalue weighted by atomic mass is 16.5. The van der Waals surface area contributed by atoms with Crippen LogP contribution in [-0.4, -0.2) is 17.3 Å². The average molecular weight is 281 g/mol. The molecule has 2 rings (SSSR count). The molecule has 1 aromatic heterocycles. The van der Waals surface area contributed by atoms with Crippen molar-refractivity contribution in [3.63, 3.8) is 0 Å². The van der Waals surface area contributed by atoms with Gasteiger partial charge in [-0.25, -0.2) is 0 Å². The van der Waals surface area contributed by atoms with Crippen LogP contribution in [0.15, 0.2) is 4.52 Å². The predicted molar refractivity (Wildman–Crippen MR) is 77.1 cm³/mol. The van der Waals surface area contributed by atoms with E-state index in [2.05, 4.69) is 17.1 Å². The van der Waals surface area contributed by atoms with Crippen LogP contribution in [0.5, 0.6) is 0 Å². The Kier molecular flexibility index (Phi) is 5.16. The van der Waals surface area contributed by atoms with Gasteiger partial charge in [-0.2, -0.15) is 4.98 Å². The van der Waals surface area contributed by atoms with Crippen molar-refractivity contribution in [3.8, 4) is 0 Å². The first-order chi connectivity index (χ1) is 9.58. The van der Waals surface area contributed by atoms with Gasteiger partial charge in [-0.1, -0.05) is 37.8 Å². The molecule has 1 fully saturated rings. The Morgan fingerprint density at radius 1 is 1.40 bits per heavy atom. The first kappa shape index (κ1) is 15.4. The van der Waals surface area contributed by atoms with Gasteiger partial charge in [-0.05, 0) is 32.1 Å². The molecular formula is C15H27N3O2. The fourth-order valence-corrected chi connectivity index (χ4v) is 3.15. The Bertz CT molecular complexity index is 411. The highest BCUT2D eigenvalue weighted by Crippen LogP contribution is 2.36. The second kappa shape index (κ2) is 6.68. The van der Waals surface area contributed by atoms with Gasteiger partial charge >= 0.3 is 0 Å². The molecule has 2 N–H and O–H groups in total. The molecule has 2 atom stereocenters. The molecule has 0 radical (unpaired) electrons. The van der Waals surface area contributed by atoms with E-state index in [4.69, 9.17) is 15.0 Å². The van der Waals surface area contributed by atoms with E-state index in [1.54, 1.807) is 7.11 Å². The van der Waals surface area contributed by atoms with Crippen molar-refractivity contribution in [2.75, 3.05) is 7.11 Å². The zero-order chi connectivity index (χ0) is 14.6. The van der Waals surface area contributed by atoms with Crippen molar-refractivity contribution in [3.05, 3.63) is 11.7 Å². The summed E-state index contributed by atoms with van der Waals surface area (Å²) >= 11 is 0. The molecule has 0 saturated heterocycles. The van der Waals surface area contributed by atoms with Gasteiger partial charge in [-0.3, -0.25) is 0 Å². The van der Waals surface area contributed by atoms with Crippen LogP contribution in [0.3, 0.4) is 0 Å². The molecule has 20 heavy (non-hydrogen) atoms. The number of hydrogen-bond donors (Lipinski definition) is 1. The summed E-state index contributed by atoms with van der Waals surface area (Å²) < 4.78 is 11.0. The van der Waals surface area contributed by atoms with Crippen LogP contribution in [0.2, 0.25) is 0 Å². The number of nitrogens with zero attached hydrogens (tertiary/aromatic N) is 2. The standard InChI is InChI=1S/C15H27N3O2/c1-4-10-15(2,16)14-17-13(18-20-14)12(19-3)11-8-6-5-7-9-11/h11-12H,4-10,16H2,1-3H3. The lowest BCUT2D eigenvalue weighted by molar-refractivity contribution is 0.0273. The highest BCUT2D eigenvalue weighted by Gasteiger charge is 2.32. The Morgan fingerprint density at radius 2 is 2.10 bits per heavy atom. The fourth-order valence-electron chi connectivity index (χ4n) is 3.15. The summed E-state index contributed by atoms with van der Waals surface area (Å²) in [6.45, 7) is 4.04. The van der Waals surface area contributed by atoms with Crippen molar-refractivity contribution in [1.29, 1.82) is 0 Å². The summed E-state index contributed by atoms with van der Waals surface area (Å²) in [6.07, 6.45) is 7.96. The van der Waals surface area contributed by atoms with Crippen LogP contribution in [0.25, 0.3) is 0 Å². The second-order valence-corrected chi connectivity index (χ2v) is 6.18. The average Bonchev–Trinajstić information content (AvgIpc) is 2.91. The van der Waals surface area contributed by atoms with E-state index in [1.165, 1.54) is 32.1 Å². The van der Waals surface area contributed by atoms with E-state index in [9.17, 15) is 0 Å². The number of aromatic nitrogens is 2. The summed E-state index contributed by atoms with van der Waals surface area (Å²) in [5.41, 5.74) is 5.69. The van der Waals surface area contributed by atoms with E-state index < -0.39 is 5.54 Å². The molecule has 5 nitrogen and oxygen atoms in total. The molecule has 1 saturated carbocycles. The van der Waals surface area contributed by atoms with Gasteiger partial charge in [0, 0.05) is 7.11 Å². The second-order valence-electron chi connectivity index (χ2n) is 6.18. The predicted octanol–water partition coefficient (Wildman–Crippen LogP) is 3.31. The molecule has 0 amide bonds. The molecule has 0 bridgehead atoms. The lowest BCUT2D eigenvalue weighted by Crippen LogP contribution is -2.33. The summed E-state index contributed by atoms with van der Waals surface area (Å²) in [7, 11) is 1.73. The SMILES string of the molecule is CCCC(C)(N)c1nc(C(OC)C2CCCCC2)no1. The van der Waals surface area contributed by atoms with E-state index in [-0.39, 0.29) is 6.10 Å². The summed E-state index contributed by atoms with van der Waals surface area (Å²) in [6, 6.07) is 0. The fraction of sp³-hybridized carbons (Fsp3) is 0.867. The van der Waals surface area contributed by atoms with Gasteiger partial charge < -0.3 is 15.0 Å². The first-order valence-corrected chi connectivity index (χ1v) is 7.74. The van der Waals surface area contributed by atoms with Gasteiger partial charge in [0.25, 0.3) is 0 Å². The van der Waals surface area contributed by atoms with Crippen molar-refractivity contribution in [1.82, 2.24) is 10.1 Å². The number of hydrogen-bond acceptors (Lipinski definition) is 5. The molecule has 0 spiro atoms. The van der Waals surface area contributed by atoms with Crippen LogP contribution >= 0.6 is 0 Å². The topological polar surface area (TPSA) is 74.2 Å². The number of rotatable bonds is 6. The van der Waals surface area contributed by atoms with E-state index in [0.717, 1.165) is 12.8 Å². The minimum atomic E-state index is -0.551. The maximum absolute atomic E-state index is 6.24. The number of ether oxygens (including phenoxy) is 1. The molecular weight excluding hydrogens is 254 g/mol. The highest BCUT2D eigenvalue weighted by molar-refractivity contribution is 5.02. The third kappa shape index (κ3) is 3.38.